The second-order valence-electron chi connectivity index (χ2n) is 5.74. The highest BCUT2D eigenvalue weighted by Gasteiger charge is 2.15. The number of nitrogens with one attached hydrogen (secondary N) is 1. The second-order valence-corrected chi connectivity index (χ2v) is 7.16. The molecular formula is C22H20N2OS. The van der Waals surface area contributed by atoms with E-state index in [4.69, 9.17) is 0 Å². The lowest BCUT2D eigenvalue weighted by atomic mass is 10.0. The van der Waals surface area contributed by atoms with Crippen molar-refractivity contribution < 1.29 is 4.79 Å². The predicted molar refractivity (Wildman–Crippen MR) is 108 cm³/mol. The molecule has 0 fully saturated rings. The third kappa shape index (κ3) is 4.83. The number of hydrazone groups is 1. The Bertz CT molecular complexity index is 823. The largest absolute Gasteiger partial charge is 0.272 e. The van der Waals surface area contributed by atoms with Crippen LogP contribution in [0.3, 0.4) is 0 Å². The molecule has 0 heterocycles. The Labute approximate surface area is 158 Å². The van der Waals surface area contributed by atoms with Gasteiger partial charge in [-0.1, -0.05) is 78.9 Å². The van der Waals surface area contributed by atoms with E-state index in [0.717, 1.165) is 21.7 Å². The van der Waals surface area contributed by atoms with Crippen LogP contribution in [0.25, 0.3) is 0 Å². The summed E-state index contributed by atoms with van der Waals surface area (Å²) in [6.45, 7) is 1.88. The molecule has 3 aromatic carbocycles. The number of rotatable bonds is 6. The molecule has 0 unspecified atom stereocenters. The maximum Gasteiger partial charge on any atom is 0.253 e. The average Bonchev–Trinajstić information content (AvgIpc) is 2.70. The van der Waals surface area contributed by atoms with E-state index in [1.165, 1.54) is 11.8 Å². The van der Waals surface area contributed by atoms with E-state index in [1.807, 2.05) is 97.9 Å². The molecule has 4 heteroatoms. The smallest absolute Gasteiger partial charge is 0.253 e. The summed E-state index contributed by atoms with van der Waals surface area (Å²) in [5.74, 6) is -0.122. The molecular weight excluding hydrogens is 340 g/mol. The summed E-state index contributed by atoms with van der Waals surface area (Å²) >= 11 is 1.51. The van der Waals surface area contributed by atoms with Crippen molar-refractivity contribution in [2.45, 2.75) is 17.1 Å². The number of carbonyl (C=O) groups excluding carboxylic acids is 1. The first-order valence-corrected chi connectivity index (χ1v) is 9.32. The van der Waals surface area contributed by atoms with Crippen molar-refractivity contribution in [1.29, 1.82) is 0 Å². The molecule has 0 aliphatic heterocycles. The zero-order valence-corrected chi connectivity index (χ0v) is 15.3. The molecule has 3 rings (SSSR count). The van der Waals surface area contributed by atoms with E-state index in [2.05, 4.69) is 10.5 Å². The SMILES string of the molecule is C[C@@H](Sc1ccccc1)C(=O)NN=C(c1ccccc1)c1ccccc1. The van der Waals surface area contributed by atoms with Crippen LogP contribution in [-0.2, 0) is 4.79 Å². The highest BCUT2D eigenvalue weighted by molar-refractivity contribution is 8.00. The fourth-order valence-corrected chi connectivity index (χ4v) is 3.33. The van der Waals surface area contributed by atoms with E-state index in [0.29, 0.717) is 0 Å². The molecule has 0 bridgehead atoms. The van der Waals surface area contributed by atoms with E-state index in [-0.39, 0.29) is 11.2 Å². The Kier molecular flexibility index (Phi) is 6.23. The van der Waals surface area contributed by atoms with Gasteiger partial charge in [-0.25, -0.2) is 5.43 Å². The molecule has 0 saturated carbocycles. The van der Waals surface area contributed by atoms with Crippen molar-refractivity contribution in [3.05, 3.63) is 102 Å². The number of hydrogen-bond donors (Lipinski definition) is 1. The van der Waals surface area contributed by atoms with E-state index in [9.17, 15) is 4.79 Å². The van der Waals surface area contributed by atoms with Gasteiger partial charge in [-0.15, -0.1) is 11.8 Å². The van der Waals surface area contributed by atoms with Gasteiger partial charge in [0, 0.05) is 16.0 Å². The first-order chi connectivity index (χ1) is 12.7. The number of carbonyl (C=O) groups is 1. The van der Waals surface area contributed by atoms with Crippen molar-refractivity contribution in [3.63, 3.8) is 0 Å². The molecule has 1 N–H and O–H groups in total. The summed E-state index contributed by atoms with van der Waals surface area (Å²) in [4.78, 5) is 13.5. The Hall–Kier alpha value is -2.85. The quantitative estimate of drug-likeness (QED) is 0.392. The number of amides is 1. The van der Waals surface area contributed by atoms with Crippen LogP contribution in [0.4, 0.5) is 0 Å². The summed E-state index contributed by atoms with van der Waals surface area (Å²) in [5.41, 5.74) is 5.40. The summed E-state index contributed by atoms with van der Waals surface area (Å²) < 4.78 is 0. The maximum atomic E-state index is 12.5. The van der Waals surface area contributed by atoms with E-state index >= 15 is 0 Å². The first kappa shape index (κ1) is 18.0. The molecule has 130 valence electrons. The third-order valence-corrected chi connectivity index (χ3v) is 4.91. The highest BCUT2D eigenvalue weighted by atomic mass is 32.2. The van der Waals surface area contributed by atoms with E-state index in [1.54, 1.807) is 0 Å². The highest BCUT2D eigenvalue weighted by Crippen LogP contribution is 2.22. The number of thioether (sulfide) groups is 1. The molecule has 1 atom stereocenters. The molecule has 0 aromatic heterocycles. The van der Waals surface area contributed by atoms with Gasteiger partial charge >= 0.3 is 0 Å². The van der Waals surface area contributed by atoms with Gasteiger partial charge in [0.05, 0.1) is 11.0 Å². The van der Waals surface area contributed by atoms with Crippen LogP contribution in [0, 0.1) is 0 Å². The lowest BCUT2D eigenvalue weighted by molar-refractivity contribution is -0.120. The predicted octanol–water partition coefficient (Wildman–Crippen LogP) is 4.74. The van der Waals surface area contributed by atoms with Crippen LogP contribution in [-0.4, -0.2) is 16.9 Å². The maximum absolute atomic E-state index is 12.5. The Balaban J connectivity index is 1.77. The monoisotopic (exact) mass is 360 g/mol. The average molecular weight is 360 g/mol. The summed E-state index contributed by atoms with van der Waals surface area (Å²) in [7, 11) is 0. The zero-order valence-electron chi connectivity index (χ0n) is 14.5. The van der Waals surface area contributed by atoms with Gasteiger partial charge in [0.2, 0.25) is 0 Å². The molecule has 26 heavy (non-hydrogen) atoms. The lowest BCUT2D eigenvalue weighted by Crippen LogP contribution is -2.28. The van der Waals surface area contributed by atoms with Gasteiger partial charge in [-0.2, -0.15) is 5.10 Å². The van der Waals surface area contributed by atoms with Gasteiger partial charge in [0.25, 0.3) is 5.91 Å². The molecule has 0 aliphatic carbocycles. The number of nitrogens with zero attached hydrogens (tertiary/aromatic N) is 1. The molecule has 1 amide bonds. The third-order valence-electron chi connectivity index (χ3n) is 3.80. The standard InChI is InChI=1S/C22H20N2OS/c1-17(26-20-15-9-4-10-16-20)22(25)24-23-21(18-11-5-2-6-12-18)19-13-7-3-8-14-19/h2-17H,1H3,(H,24,25)/t17-/m1/s1. The van der Waals surface area contributed by atoms with Crippen LogP contribution < -0.4 is 5.43 Å². The number of benzene rings is 3. The van der Waals surface area contributed by atoms with Gasteiger partial charge in [0.15, 0.2) is 0 Å². The normalized spacial score (nSPS) is 11.4. The fourth-order valence-electron chi connectivity index (χ4n) is 2.45. The first-order valence-electron chi connectivity index (χ1n) is 8.44. The van der Waals surface area contributed by atoms with Crippen molar-refractivity contribution in [3.8, 4) is 0 Å². The van der Waals surface area contributed by atoms with Crippen LogP contribution in [0.15, 0.2) is 101 Å². The van der Waals surface area contributed by atoms with Crippen molar-refractivity contribution in [1.82, 2.24) is 5.43 Å². The molecule has 0 saturated heterocycles. The summed E-state index contributed by atoms with van der Waals surface area (Å²) in [5, 5.41) is 4.19. The lowest BCUT2D eigenvalue weighted by Gasteiger charge is -2.11. The van der Waals surface area contributed by atoms with Crippen LogP contribution in [0.1, 0.15) is 18.1 Å². The topological polar surface area (TPSA) is 41.5 Å². The fraction of sp³-hybridized carbons (Fsp3) is 0.0909. The zero-order chi connectivity index (χ0) is 18.2. The molecule has 0 radical (unpaired) electrons. The Morgan fingerprint density at radius 2 is 1.27 bits per heavy atom. The molecule has 3 aromatic rings. The summed E-state index contributed by atoms with van der Waals surface area (Å²) in [6, 6.07) is 29.6. The molecule has 0 aliphatic rings. The van der Waals surface area contributed by atoms with Gasteiger partial charge in [-0.3, -0.25) is 4.79 Å². The number of hydrogen-bond acceptors (Lipinski definition) is 3. The molecule has 0 spiro atoms. The second kappa shape index (κ2) is 9.02. The van der Waals surface area contributed by atoms with Crippen LogP contribution in [0.5, 0.6) is 0 Å². The van der Waals surface area contributed by atoms with Crippen molar-refractivity contribution in [2.75, 3.05) is 0 Å². The van der Waals surface area contributed by atoms with Crippen molar-refractivity contribution >= 4 is 23.4 Å². The van der Waals surface area contributed by atoms with Crippen LogP contribution >= 0.6 is 11.8 Å². The van der Waals surface area contributed by atoms with Gasteiger partial charge in [-0.05, 0) is 19.1 Å². The minimum absolute atomic E-state index is 0.122. The Morgan fingerprint density at radius 3 is 1.77 bits per heavy atom. The molecule has 3 nitrogen and oxygen atoms in total. The minimum Gasteiger partial charge on any atom is -0.272 e. The minimum atomic E-state index is -0.242. The van der Waals surface area contributed by atoms with Crippen LogP contribution in [0.2, 0.25) is 0 Å². The Morgan fingerprint density at radius 1 is 0.808 bits per heavy atom. The van der Waals surface area contributed by atoms with Crippen molar-refractivity contribution in [2.24, 2.45) is 5.10 Å². The van der Waals surface area contributed by atoms with E-state index < -0.39 is 0 Å². The summed E-state index contributed by atoms with van der Waals surface area (Å²) in [6.07, 6.45) is 0. The van der Waals surface area contributed by atoms with Gasteiger partial charge < -0.3 is 0 Å². The van der Waals surface area contributed by atoms with Gasteiger partial charge in [0.1, 0.15) is 0 Å².